The Balaban J connectivity index is 1.02. The Hall–Kier alpha value is -7.68. The number of nitrogens with zero attached hydrogens (tertiary/aromatic N) is 2. The van der Waals surface area contributed by atoms with Crippen molar-refractivity contribution in [1.82, 2.24) is 4.57 Å². The standard InChI is InChI=1S/C56H38N2/c1-2-12-39(13-3-1)41-26-31-48(32-27-41)57(49-33-28-42(29-34-49)47-25-24-40-14-4-5-16-44(40)36-47)50-19-10-17-45(37-50)46-18-11-20-51(38-46)58-55-23-9-8-22-53(55)54-35-30-43-15-6-7-21-52(43)56(54)58/h1-38H. The molecule has 0 bridgehead atoms. The first-order chi connectivity index (χ1) is 28.7. The maximum atomic E-state index is 2.44. The second-order valence-corrected chi connectivity index (χ2v) is 15.0. The monoisotopic (exact) mass is 738 g/mol. The number of hydrogen-bond acceptors (Lipinski definition) is 1. The molecular formula is C56H38N2. The molecule has 0 saturated heterocycles. The van der Waals surface area contributed by atoms with Gasteiger partial charge in [0.25, 0.3) is 0 Å². The lowest BCUT2D eigenvalue weighted by atomic mass is 10.0. The molecule has 0 amide bonds. The lowest BCUT2D eigenvalue weighted by Crippen LogP contribution is -2.10. The summed E-state index contributed by atoms with van der Waals surface area (Å²) in [5, 5.41) is 7.52. The molecule has 272 valence electrons. The number of rotatable bonds is 7. The molecule has 0 aliphatic rings. The minimum absolute atomic E-state index is 1.09. The van der Waals surface area contributed by atoms with Crippen LogP contribution in [0.4, 0.5) is 17.1 Å². The van der Waals surface area contributed by atoms with Gasteiger partial charge in [-0.2, -0.15) is 0 Å². The fourth-order valence-electron chi connectivity index (χ4n) is 8.70. The average Bonchev–Trinajstić information content (AvgIpc) is 3.65. The first-order valence-electron chi connectivity index (χ1n) is 19.9. The molecule has 0 fully saturated rings. The van der Waals surface area contributed by atoms with Crippen molar-refractivity contribution >= 4 is 60.4 Å². The van der Waals surface area contributed by atoms with E-state index in [1.54, 1.807) is 0 Å². The third-order valence-electron chi connectivity index (χ3n) is 11.5. The van der Waals surface area contributed by atoms with Crippen LogP contribution in [-0.2, 0) is 0 Å². The summed E-state index contributed by atoms with van der Waals surface area (Å²) in [5.41, 5.74) is 14.0. The number of benzene rings is 10. The Kier molecular flexibility index (Phi) is 8.19. The zero-order valence-corrected chi connectivity index (χ0v) is 31.8. The first kappa shape index (κ1) is 33.6. The number of hydrogen-bond donors (Lipinski definition) is 0. The van der Waals surface area contributed by atoms with E-state index in [0.29, 0.717) is 0 Å². The van der Waals surface area contributed by atoms with E-state index in [1.807, 2.05) is 0 Å². The summed E-state index contributed by atoms with van der Waals surface area (Å²) in [5.74, 6) is 0. The quantitative estimate of drug-likeness (QED) is 0.158. The smallest absolute Gasteiger partial charge is 0.0619 e. The van der Waals surface area contributed by atoms with Gasteiger partial charge in [-0.25, -0.2) is 0 Å². The Morgan fingerprint density at radius 3 is 1.59 bits per heavy atom. The van der Waals surface area contributed by atoms with Crippen molar-refractivity contribution in [2.24, 2.45) is 0 Å². The van der Waals surface area contributed by atoms with Crippen LogP contribution in [0.2, 0.25) is 0 Å². The minimum Gasteiger partial charge on any atom is -0.310 e. The second-order valence-electron chi connectivity index (χ2n) is 15.0. The van der Waals surface area contributed by atoms with Gasteiger partial charge in [-0.3, -0.25) is 0 Å². The SMILES string of the molecule is c1ccc(-c2ccc(N(c3ccc(-c4ccc5ccccc5c4)cc3)c3cccc(-c4cccc(-n5c6ccccc6c6ccc7ccccc7c65)c4)c3)cc2)cc1. The van der Waals surface area contributed by atoms with E-state index < -0.39 is 0 Å². The van der Waals surface area contributed by atoms with Gasteiger partial charge in [0.15, 0.2) is 0 Å². The van der Waals surface area contributed by atoms with E-state index in [4.69, 9.17) is 0 Å². The predicted octanol–water partition coefficient (Wildman–Crippen LogP) is 15.6. The van der Waals surface area contributed by atoms with Crippen molar-refractivity contribution in [3.63, 3.8) is 0 Å². The average molecular weight is 739 g/mol. The third kappa shape index (κ3) is 5.91. The van der Waals surface area contributed by atoms with Gasteiger partial charge in [0.05, 0.1) is 11.0 Å². The number of para-hydroxylation sites is 1. The zero-order valence-electron chi connectivity index (χ0n) is 31.8. The summed E-state index contributed by atoms with van der Waals surface area (Å²) in [6, 6.07) is 83.7. The van der Waals surface area contributed by atoms with Gasteiger partial charge >= 0.3 is 0 Å². The van der Waals surface area contributed by atoms with E-state index in [9.17, 15) is 0 Å². The predicted molar refractivity (Wildman–Crippen MR) is 247 cm³/mol. The molecule has 2 heteroatoms. The number of aromatic nitrogens is 1. The van der Waals surface area contributed by atoms with Crippen LogP contribution in [0.5, 0.6) is 0 Å². The third-order valence-corrected chi connectivity index (χ3v) is 11.5. The molecule has 0 unspecified atom stereocenters. The van der Waals surface area contributed by atoms with Crippen molar-refractivity contribution in [2.75, 3.05) is 4.90 Å². The first-order valence-corrected chi connectivity index (χ1v) is 19.9. The molecule has 10 aromatic carbocycles. The van der Waals surface area contributed by atoms with Crippen LogP contribution in [0.15, 0.2) is 231 Å². The molecule has 11 aromatic rings. The summed E-state index contributed by atoms with van der Waals surface area (Å²) in [6.45, 7) is 0. The molecule has 0 radical (unpaired) electrons. The molecule has 2 nitrogen and oxygen atoms in total. The molecule has 0 saturated carbocycles. The van der Waals surface area contributed by atoms with Crippen molar-refractivity contribution < 1.29 is 0 Å². The van der Waals surface area contributed by atoms with Gasteiger partial charge in [-0.15, -0.1) is 0 Å². The molecular weight excluding hydrogens is 701 g/mol. The van der Waals surface area contributed by atoms with E-state index in [0.717, 1.165) is 33.9 Å². The van der Waals surface area contributed by atoms with Crippen LogP contribution in [0.1, 0.15) is 0 Å². The van der Waals surface area contributed by atoms with E-state index in [1.165, 1.54) is 65.6 Å². The van der Waals surface area contributed by atoms with Crippen LogP contribution < -0.4 is 4.90 Å². The van der Waals surface area contributed by atoms with Crippen LogP contribution in [-0.4, -0.2) is 4.57 Å². The highest BCUT2D eigenvalue weighted by Gasteiger charge is 2.17. The highest BCUT2D eigenvalue weighted by Crippen LogP contribution is 2.40. The molecule has 1 heterocycles. The molecule has 0 atom stereocenters. The van der Waals surface area contributed by atoms with Crippen molar-refractivity contribution in [3.8, 4) is 39.1 Å². The van der Waals surface area contributed by atoms with Crippen LogP contribution in [0.3, 0.4) is 0 Å². The fraction of sp³-hybridized carbons (Fsp3) is 0. The van der Waals surface area contributed by atoms with Crippen molar-refractivity contribution in [1.29, 1.82) is 0 Å². The van der Waals surface area contributed by atoms with E-state index in [2.05, 4.69) is 240 Å². The van der Waals surface area contributed by atoms with Crippen LogP contribution in [0, 0.1) is 0 Å². The van der Waals surface area contributed by atoms with Gasteiger partial charge in [0.2, 0.25) is 0 Å². The van der Waals surface area contributed by atoms with Crippen LogP contribution >= 0.6 is 0 Å². The van der Waals surface area contributed by atoms with Crippen molar-refractivity contribution in [3.05, 3.63) is 231 Å². The largest absolute Gasteiger partial charge is 0.310 e. The topological polar surface area (TPSA) is 8.17 Å². The Bertz CT molecular complexity index is 3270. The molecule has 0 N–H and O–H groups in total. The minimum atomic E-state index is 1.09. The highest BCUT2D eigenvalue weighted by molar-refractivity contribution is 6.18. The molecule has 11 rings (SSSR count). The molecule has 0 aliphatic carbocycles. The molecule has 0 aliphatic heterocycles. The second kappa shape index (κ2) is 14.1. The lowest BCUT2D eigenvalue weighted by molar-refractivity contribution is 1.19. The van der Waals surface area contributed by atoms with Gasteiger partial charge in [-0.05, 0) is 110 Å². The van der Waals surface area contributed by atoms with Gasteiger partial charge in [0.1, 0.15) is 0 Å². The lowest BCUT2D eigenvalue weighted by Gasteiger charge is -2.26. The summed E-state index contributed by atoms with van der Waals surface area (Å²) in [4.78, 5) is 2.37. The van der Waals surface area contributed by atoms with Crippen LogP contribution in [0.25, 0.3) is 82.4 Å². The maximum absolute atomic E-state index is 2.44. The maximum Gasteiger partial charge on any atom is 0.0619 e. The Morgan fingerprint density at radius 1 is 0.276 bits per heavy atom. The number of anilines is 3. The molecule has 0 spiro atoms. The fourth-order valence-corrected chi connectivity index (χ4v) is 8.70. The molecule has 58 heavy (non-hydrogen) atoms. The van der Waals surface area contributed by atoms with E-state index in [-0.39, 0.29) is 0 Å². The van der Waals surface area contributed by atoms with Gasteiger partial charge in [-0.1, -0.05) is 170 Å². The Labute approximate surface area is 338 Å². The van der Waals surface area contributed by atoms with E-state index >= 15 is 0 Å². The highest BCUT2D eigenvalue weighted by atomic mass is 15.1. The summed E-state index contributed by atoms with van der Waals surface area (Å²) in [6.07, 6.45) is 0. The molecule has 1 aromatic heterocycles. The summed E-state index contributed by atoms with van der Waals surface area (Å²) in [7, 11) is 0. The summed E-state index contributed by atoms with van der Waals surface area (Å²) >= 11 is 0. The summed E-state index contributed by atoms with van der Waals surface area (Å²) < 4.78 is 2.44. The Morgan fingerprint density at radius 2 is 0.810 bits per heavy atom. The normalized spacial score (nSPS) is 11.4. The van der Waals surface area contributed by atoms with Gasteiger partial charge < -0.3 is 9.47 Å². The van der Waals surface area contributed by atoms with Gasteiger partial charge in [0, 0.05) is 38.9 Å². The zero-order chi connectivity index (χ0) is 38.4. The number of fused-ring (bicyclic) bond motifs is 6. The van der Waals surface area contributed by atoms with Crippen molar-refractivity contribution in [2.45, 2.75) is 0 Å².